The van der Waals surface area contributed by atoms with E-state index in [0.29, 0.717) is 31.8 Å². The third kappa shape index (κ3) is 5.49. The third-order valence-corrected chi connectivity index (χ3v) is 5.84. The quantitative estimate of drug-likeness (QED) is 0.727. The zero-order valence-corrected chi connectivity index (χ0v) is 16.7. The van der Waals surface area contributed by atoms with E-state index in [1.165, 1.54) is 12.1 Å². The van der Waals surface area contributed by atoms with Gasteiger partial charge in [-0.2, -0.15) is 0 Å². The number of amides is 1. The van der Waals surface area contributed by atoms with E-state index >= 15 is 0 Å². The van der Waals surface area contributed by atoms with Crippen LogP contribution in [0, 0.1) is 12.7 Å². The summed E-state index contributed by atoms with van der Waals surface area (Å²) in [6, 6.07) is 4.59. The molecule has 0 N–H and O–H groups in total. The minimum atomic E-state index is -0.255. The summed E-state index contributed by atoms with van der Waals surface area (Å²) in [7, 11) is 1.60. The molecule has 1 aliphatic rings. The Kier molecular flexibility index (Phi) is 6.79. The first kappa shape index (κ1) is 19.8. The van der Waals surface area contributed by atoms with Crippen LogP contribution in [0.3, 0.4) is 0 Å². The number of nitrogens with zero attached hydrogens (tertiary/aromatic N) is 3. The molecule has 1 aliphatic heterocycles. The maximum absolute atomic E-state index is 13.5. The van der Waals surface area contributed by atoms with Crippen molar-refractivity contribution >= 4 is 17.2 Å². The second-order valence-corrected chi connectivity index (χ2v) is 7.79. The Labute approximate surface area is 163 Å². The van der Waals surface area contributed by atoms with Crippen molar-refractivity contribution in [3.8, 4) is 5.75 Å². The van der Waals surface area contributed by atoms with Crippen LogP contribution in [-0.2, 0) is 17.8 Å². The lowest BCUT2D eigenvalue weighted by Crippen LogP contribution is -2.48. The van der Waals surface area contributed by atoms with Gasteiger partial charge in [0.15, 0.2) is 0 Å². The highest BCUT2D eigenvalue weighted by Gasteiger charge is 2.21. The first-order valence-electron chi connectivity index (χ1n) is 9.28. The Balaban J connectivity index is 1.43. The molecule has 5 nitrogen and oxygen atoms in total. The zero-order chi connectivity index (χ0) is 19.2. The molecule has 0 atom stereocenters. The molecule has 3 rings (SSSR count). The van der Waals surface area contributed by atoms with Crippen molar-refractivity contribution in [2.75, 3.05) is 33.3 Å². The first-order chi connectivity index (χ1) is 13.0. The van der Waals surface area contributed by atoms with Gasteiger partial charge in [-0.25, -0.2) is 9.37 Å². The van der Waals surface area contributed by atoms with Crippen LogP contribution in [0.2, 0.25) is 0 Å². The average molecular weight is 392 g/mol. The van der Waals surface area contributed by atoms with Crippen LogP contribution < -0.4 is 4.74 Å². The minimum absolute atomic E-state index is 0.214. The lowest BCUT2D eigenvalue weighted by atomic mass is 10.1. The van der Waals surface area contributed by atoms with Gasteiger partial charge in [0, 0.05) is 55.8 Å². The standard InChI is InChI=1S/C20H26FN3O2S/c1-15-14-27-19(22-15)4-3-5-20(25)24-10-8-23(9-11-24)13-16-12-17(21)6-7-18(16)26-2/h6-7,12,14H,3-5,8-11,13H2,1-2H3. The summed E-state index contributed by atoms with van der Waals surface area (Å²) in [4.78, 5) is 21.0. The highest BCUT2D eigenvalue weighted by molar-refractivity contribution is 7.09. The van der Waals surface area contributed by atoms with E-state index in [0.717, 1.165) is 42.2 Å². The number of piperazine rings is 1. The number of hydrogen-bond acceptors (Lipinski definition) is 5. The van der Waals surface area contributed by atoms with Crippen molar-refractivity contribution in [1.29, 1.82) is 0 Å². The minimum Gasteiger partial charge on any atom is -0.496 e. The molecular weight excluding hydrogens is 365 g/mol. The zero-order valence-electron chi connectivity index (χ0n) is 15.9. The third-order valence-electron chi connectivity index (χ3n) is 4.81. The molecule has 0 unspecified atom stereocenters. The van der Waals surface area contributed by atoms with Crippen LogP contribution >= 0.6 is 11.3 Å². The second kappa shape index (κ2) is 9.28. The molecule has 2 aromatic rings. The molecule has 1 aromatic heterocycles. The Bertz CT molecular complexity index is 772. The smallest absolute Gasteiger partial charge is 0.222 e. The molecule has 0 aliphatic carbocycles. The second-order valence-electron chi connectivity index (χ2n) is 6.85. The van der Waals surface area contributed by atoms with E-state index < -0.39 is 0 Å². The molecule has 1 saturated heterocycles. The van der Waals surface area contributed by atoms with Gasteiger partial charge in [-0.15, -0.1) is 11.3 Å². The normalized spacial score (nSPS) is 15.1. The van der Waals surface area contributed by atoms with E-state index in [2.05, 4.69) is 9.88 Å². The van der Waals surface area contributed by atoms with Crippen molar-refractivity contribution in [3.63, 3.8) is 0 Å². The van der Waals surface area contributed by atoms with E-state index in [9.17, 15) is 9.18 Å². The predicted molar refractivity (Wildman–Crippen MR) is 105 cm³/mol. The molecular formula is C20H26FN3O2S. The van der Waals surface area contributed by atoms with Crippen LogP contribution in [0.25, 0.3) is 0 Å². The molecule has 27 heavy (non-hydrogen) atoms. The Morgan fingerprint density at radius 2 is 2.07 bits per heavy atom. The predicted octanol–water partition coefficient (Wildman–Crippen LogP) is 3.27. The van der Waals surface area contributed by atoms with Gasteiger partial charge in [0.2, 0.25) is 5.91 Å². The van der Waals surface area contributed by atoms with Crippen molar-refractivity contribution in [1.82, 2.24) is 14.8 Å². The number of rotatable bonds is 7. The molecule has 7 heteroatoms. The number of ether oxygens (including phenoxy) is 1. The fourth-order valence-corrected chi connectivity index (χ4v) is 4.15. The van der Waals surface area contributed by atoms with Gasteiger partial charge in [0.05, 0.1) is 12.1 Å². The van der Waals surface area contributed by atoms with Gasteiger partial charge in [-0.1, -0.05) is 0 Å². The fraction of sp³-hybridized carbons (Fsp3) is 0.500. The summed E-state index contributed by atoms with van der Waals surface area (Å²) in [5.41, 5.74) is 1.89. The average Bonchev–Trinajstić information content (AvgIpc) is 3.07. The van der Waals surface area contributed by atoms with Crippen molar-refractivity contribution in [3.05, 3.63) is 45.7 Å². The Morgan fingerprint density at radius 1 is 1.30 bits per heavy atom. The van der Waals surface area contributed by atoms with E-state index in [-0.39, 0.29) is 11.7 Å². The Hall–Kier alpha value is -1.99. The number of benzene rings is 1. The van der Waals surface area contributed by atoms with Crippen LogP contribution in [-0.4, -0.2) is 54.0 Å². The highest BCUT2D eigenvalue weighted by atomic mass is 32.1. The fourth-order valence-electron chi connectivity index (χ4n) is 3.33. The van der Waals surface area contributed by atoms with Crippen molar-refractivity contribution in [2.24, 2.45) is 0 Å². The number of methoxy groups -OCH3 is 1. The highest BCUT2D eigenvalue weighted by Crippen LogP contribution is 2.22. The van der Waals surface area contributed by atoms with Crippen LogP contribution in [0.4, 0.5) is 4.39 Å². The van der Waals surface area contributed by atoms with Gasteiger partial charge in [0.25, 0.3) is 0 Å². The molecule has 0 radical (unpaired) electrons. The number of carbonyl (C=O) groups is 1. The van der Waals surface area contributed by atoms with E-state index in [1.807, 2.05) is 17.2 Å². The summed E-state index contributed by atoms with van der Waals surface area (Å²) in [5.74, 6) is 0.661. The summed E-state index contributed by atoms with van der Waals surface area (Å²) >= 11 is 1.66. The molecule has 1 amide bonds. The van der Waals surface area contributed by atoms with Gasteiger partial charge >= 0.3 is 0 Å². The number of aryl methyl sites for hydroxylation is 2. The first-order valence-corrected chi connectivity index (χ1v) is 10.2. The lowest BCUT2D eigenvalue weighted by molar-refractivity contribution is -0.133. The SMILES string of the molecule is COc1ccc(F)cc1CN1CCN(C(=O)CCCc2nc(C)cs2)CC1. The molecule has 0 spiro atoms. The van der Waals surface area contributed by atoms with Crippen LogP contribution in [0.1, 0.15) is 29.1 Å². The summed E-state index contributed by atoms with van der Waals surface area (Å²) < 4.78 is 18.8. The number of halogens is 1. The molecule has 1 aromatic carbocycles. The number of hydrogen-bond donors (Lipinski definition) is 0. The van der Waals surface area contributed by atoms with Crippen molar-refractivity contribution < 1.29 is 13.9 Å². The largest absolute Gasteiger partial charge is 0.496 e. The van der Waals surface area contributed by atoms with Crippen molar-refractivity contribution in [2.45, 2.75) is 32.7 Å². The Morgan fingerprint density at radius 3 is 2.74 bits per heavy atom. The van der Waals surface area contributed by atoms with Gasteiger partial charge in [0.1, 0.15) is 11.6 Å². The van der Waals surface area contributed by atoms with Gasteiger partial charge in [-0.05, 0) is 38.0 Å². The van der Waals surface area contributed by atoms with E-state index in [4.69, 9.17) is 4.74 Å². The maximum Gasteiger partial charge on any atom is 0.222 e. The summed E-state index contributed by atoms with van der Waals surface area (Å²) in [5, 5.41) is 3.15. The number of thiazole rings is 1. The van der Waals surface area contributed by atoms with Crippen LogP contribution in [0.15, 0.2) is 23.6 Å². The lowest BCUT2D eigenvalue weighted by Gasteiger charge is -2.35. The molecule has 0 saturated carbocycles. The number of carbonyl (C=O) groups excluding carboxylic acids is 1. The molecule has 146 valence electrons. The summed E-state index contributed by atoms with van der Waals surface area (Å²) in [6.07, 6.45) is 2.27. The molecule has 2 heterocycles. The topological polar surface area (TPSA) is 45.7 Å². The van der Waals surface area contributed by atoms with Crippen LogP contribution in [0.5, 0.6) is 5.75 Å². The maximum atomic E-state index is 13.5. The monoisotopic (exact) mass is 391 g/mol. The van der Waals surface area contributed by atoms with E-state index in [1.54, 1.807) is 24.5 Å². The summed E-state index contributed by atoms with van der Waals surface area (Å²) in [6.45, 7) is 5.63. The van der Waals surface area contributed by atoms with Gasteiger partial charge in [-0.3, -0.25) is 9.69 Å². The number of aromatic nitrogens is 1. The molecule has 1 fully saturated rings. The molecule has 0 bridgehead atoms. The van der Waals surface area contributed by atoms with Gasteiger partial charge < -0.3 is 9.64 Å².